The number of ether oxygens (including phenoxy) is 2. The topological polar surface area (TPSA) is 77.5 Å². The number of rotatable bonds is 5. The van der Waals surface area contributed by atoms with E-state index in [-0.39, 0.29) is 17.9 Å². The number of Topliss-reactive ketones (excluding diaryl/α,β-unsaturated/α-hetero) is 1. The summed E-state index contributed by atoms with van der Waals surface area (Å²) in [4.78, 5) is 27.1. The van der Waals surface area contributed by atoms with Crippen molar-refractivity contribution in [2.24, 2.45) is 0 Å². The SMILES string of the molecule is CC(=O)Cc1cc(Oc2cc(F)c(NC(=O)OC(C)(C)C)cc2C)ccn1. The summed E-state index contributed by atoms with van der Waals surface area (Å²) in [6.45, 7) is 8.37. The molecule has 0 atom stereocenters. The first-order chi connectivity index (χ1) is 12.5. The molecule has 144 valence electrons. The number of halogens is 1. The van der Waals surface area contributed by atoms with Crippen molar-refractivity contribution in [1.82, 2.24) is 4.98 Å². The number of nitrogens with one attached hydrogen (secondary N) is 1. The average molecular weight is 374 g/mol. The molecule has 1 aromatic heterocycles. The van der Waals surface area contributed by atoms with E-state index in [0.717, 1.165) is 0 Å². The molecule has 0 saturated carbocycles. The summed E-state index contributed by atoms with van der Waals surface area (Å²) >= 11 is 0. The summed E-state index contributed by atoms with van der Waals surface area (Å²) < 4.78 is 25.2. The number of carbonyl (C=O) groups excluding carboxylic acids is 2. The third kappa shape index (κ3) is 6.36. The third-order valence-electron chi connectivity index (χ3n) is 3.35. The Bertz CT molecular complexity index is 860. The van der Waals surface area contributed by atoms with E-state index >= 15 is 0 Å². The molecule has 0 aliphatic heterocycles. The summed E-state index contributed by atoms with van der Waals surface area (Å²) in [6, 6.07) is 5.90. The lowest BCUT2D eigenvalue weighted by Crippen LogP contribution is -2.27. The maximum absolute atomic E-state index is 14.4. The normalized spacial score (nSPS) is 11.0. The Hall–Kier alpha value is -2.96. The average Bonchev–Trinajstić information content (AvgIpc) is 2.50. The molecular weight excluding hydrogens is 351 g/mol. The van der Waals surface area contributed by atoms with Crippen molar-refractivity contribution in [3.63, 3.8) is 0 Å². The predicted octanol–water partition coefficient (Wildman–Crippen LogP) is 4.80. The number of amides is 1. The Balaban J connectivity index is 2.17. The Morgan fingerprint density at radius 3 is 2.56 bits per heavy atom. The number of aromatic nitrogens is 1. The monoisotopic (exact) mass is 374 g/mol. The first kappa shape index (κ1) is 20.4. The molecule has 0 aliphatic rings. The number of nitrogens with zero attached hydrogens (tertiary/aromatic N) is 1. The van der Waals surface area contributed by atoms with Crippen molar-refractivity contribution in [3.8, 4) is 11.5 Å². The van der Waals surface area contributed by atoms with Crippen LogP contribution >= 0.6 is 0 Å². The zero-order chi connectivity index (χ0) is 20.2. The van der Waals surface area contributed by atoms with Gasteiger partial charge in [0, 0.05) is 24.8 Å². The highest BCUT2D eigenvalue weighted by Gasteiger charge is 2.18. The molecule has 1 amide bonds. The molecule has 0 saturated heterocycles. The van der Waals surface area contributed by atoms with E-state index < -0.39 is 17.5 Å². The van der Waals surface area contributed by atoms with Crippen LogP contribution in [0.1, 0.15) is 39.0 Å². The van der Waals surface area contributed by atoms with Gasteiger partial charge in [-0.1, -0.05) is 0 Å². The van der Waals surface area contributed by atoms with E-state index in [2.05, 4.69) is 10.3 Å². The number of hydrogen-bond donors (Lipinski definition) is 1. The zero-order valence-corrected chi connectivity index (χ0v) is 16.1. The highest BCUT2D eigenvalue weighted by Crippen LogP contribution is 2.30. The third-order valence-corrected chi connectivity index (χ3v) is 3.35. The fourth-order valence-electron chi connectivity index (χ4n) is 2.28. The van der Waals surface area contributed by atoms with Crippen molar-refractivity contribution < 1.29 is 23.5 Å². The van der Waals surface area contributed by atoms with Crippen molar-refractivity contribution >= 4 is 17.6 Å². The van der Waals surface area contributed by atoms with Gasteiger partial charge in [0.25, 0.3) is 0 Å². The number of anilines is 1. The van der Waals surface area contributed by atoms with Crippen LogP contribution in [0.3, 0.4) is 0 Å². The molecule has 0 unspecified atom stereocenters. The van der Waals surface area contributed by atoms with Crippen LogP contribution in [0, 0.1) is 12.7 Å². The largest absolute Gasteiger partial charge is 0.457 e. The Morgan fingerprint density at radius 2 is 1.93 bits per heavy atom. The number of hydrogen-bond acceptors (Lipinski definition) is 5. The summed E-state index contributed by atoms with van der Waals surface area (Å²) in [5, 5.41) is 2.39. The lowest BCUT2D eigenvalue weighted by atomic mass is 10.2. The van der Waals surface area contributed by atoms with Crippen LogP contribution in [0.25, 0.3) is 0 Å². The van der Waals surface area contributed by atoms with E-state index in [9.17, 15) is 14.0 Å². The van der Waals surface area contributed by atoms with Gasteiger partial charge < -0.3 is 9.47 Å². The highest BCUT2D eigenvalue weighted by molar-refractivity contribution is 5.85. The van der Waals surface area contributed by atoms with Crippen molar-refractivity contribution in [3.05, 3.63) is 47.5 Å². The molecule has 2 aromatic rings. The van der Waals surface area contributed by atoms with Gasteiger partial charge in [0.05, 0.1) is 11.4 Å². The molecule has 0 radical (unpaired) electrons. The second-order valence-corrected chi connectivity index (χ2v) is 7.19. The maximum atomic E-state index is 14.4. The van der Waals surface area contributed by atoms with E-state index in [0.29, 0.717) is 22.8 Å². The van der Waals surface area contributed by atoms with Crippen LogP contribution in [0.4, 0.5) is 14.9 Å². The molecule has 0 fully saturated rings. The maximum Gasteiger partial charge on any atom is 0.412 e. The first-order valence-corrected chi connectivity index (χ1v) is 8.46. The molecule has 2 rings (SSSR count). The summed E-state index contributed by atoms with van der Waals surface area (Å²) in [5.74, 6) is 0.0673. The van der Waals surface area contributed by atoms with Gasteiger partial charge in [-0.25, -0.2) is 9.18 Å². The second-order valence-electron chi connectivity index (χ2n) is 7.19. The quantitative estimate of drug-likeness (QED) is 0.813. The number of ketones is 1. The minimum Gasteiger partial charge on any atom is -0.457 e. The van der Waals surface area contributed by atoms with Gasteiger partial charge in [0.2, 0.25) is 0 Å². The summed E-state index contributed by atoms with van der Waals surface area (Å²) in [5.41, 5.74) is 0.507. The standard InChI is InChI=1S/C20H23FN2O4/c1-12-8-17(23-19(25)27-20(3,4)5)16(21)11-18(12)26-15-6-7-22-14(10-15)9-13(2)24/h6-8,10-11H,9H2,1-5H3,(H,23,25). The van der Waals surface area contributed by atoms with Gasteiger partial charge in [0.15, 0.2) is 5.82 Å². The van der Waals surface area contributed by atoms with Crippen LogP contribution in [0.15, 0.2) is 30.5 Å². The van der Waals surface area contributed by atoms with Gasteiger partial charge in [0.1, 0.15) is 22.9 Å². The van der Waals surface area contributed by atoms with Crippen LogP contribution in [0.5, 0.6) is 11.5 Å². The molecule has 27 heavy (non-hydrogen) atoms. The number of aryl methyl sites for hydroxylation is 1. The fourth-order valence-corrected chi connectivity index (χ4v) is 2.28. The predicted molar refractivity (Wildman–Crippen MR) is 99.7 cm³/mol. The molecule has 1 N–H and O–H groups in total. The minimum absolute atomic E-state index is 0.00102. The zero-order valence-electron chi connectivity index (χ0n) is 16.1. The van der Waals surface area contributed by atoms with Gasteiger partial charge in [-0.2, -0.15) is 0 Å². The first-order valence-electron chi connectivity index (χ1n) is 8.46. The van der Waals surface area contributed by atoms with Crippen LogP contribution in [-0.2, 0) is 16.0 Å². The Labute approximate surface area is 157 Å². The van der Waals surface area contributed by atoms with Crippen molar-refractivity contribution in [1.29, 1.82) is 0 Å². The number of pyridine rings is 1. The Kier molecular flexibility index (Phi) is 6.15. The lowest BCUT2D eigenvalue weighted by Gasteiger charge is -2.20. The van der Waals surface area contributed by atoms with E-state index in [4.69, 9.17) is 9.47 Å². The van der Waals surface area contributed by atoms with Crippen molar-refractivity contribution in [2.75, 3.05) is 5.32 Å². The molecular formula is C20H23FN2O4. The Morgan fingerprint density at radius 1 is 1.22 bits per heavy atom. The molecule has 7 heteroatoms. The molecule has 0 spiro atoms. The summed E-state index contributed by atoms with van der Waals surface area (Å²) in [6.07, 6.45) is 0.985. The van der Waals surface area contributed by atoms with Gasteiger partial charge in [-0.3, -0.25) is 15.1 Å². The smallest absolute Gasteiger partial charge is 0.412 e. The molecule has 1 heterocycles. The molecule has 0 aliphatic carbocycles. The van der Waals surface area contributed by atoms with Crippen LogP contribution in [-0.4, -0.2) is 22.5 Å². The van der Waals surface area contributed by atoms with Crippen LogP contribution < -0.4 is 10.1 Å². The molecule has 0 bridgehead atoms. The van der Waals surface area contributed by atoms with E-state index in [1.54, 1.807) is 39.8 Å². The second kappa shape index (κ2) is 8.16. The van der Waals surface area contributed by atoms with Crippen molar-refractivity contribution in [2.45, 2.75) is 46.6 Å². The van der Waals surface area contributed by atoms with Crippen LogP contribution in [0.2, 0.25) is 0 Å². The highest BCUT2D eigenvalue weighted by atomic mass is 19.1. The lowest BCUT2D eigenvalue weighted by molar-refractivity contribution is -0.116. The molecule has 6 nitrogen and oxygen atoms in total. The summed E-state index contributed by atoms with van der Waals surface area (Å²) in [7, 11) is 0. The van der Waals surface area contributed by atoms with E-state index in [1.165, 1.54) is 25.3 Å². The fraction of sp³-hybridized carbons (Fsp3) is 0.350. The minimum atomic E-state index is -0.738. The number of benzene rings is 1. The van der Waals surface area contributed by atoms with Gasteiger partial charge in [-0.15, -0.1) is 0 Å². The molecule has 1 aromatic carbocycles. The number of carbonyl (C=O) groups is 2. The van der Waals surface area contributed by atoms with E-state index in [1.807, 2.05) is 0 Å². The van der Waals surface area contributed by atoms with Gasteiger partial charge >= 0.3 is 6.09 Å². The van der Waals surface area contributed by atoms with Gasteiger partial charge in [-0.05, 0) is 52.3 Å².